The Balaban J connectivity index is 1.36. The molecule has 1 aliphatic carbocycles. The summed E-state index contributed by atoms with van der Waals surface area (Å²) in [7, 11) is 0. The molecular weight excluding hydrogens is 593 g/mol. The van der Waals surface area contributed by atoms with E-state index >= 15 is 0 Å². The molecule has 0 saturated carbocycles. The average Bonchev–Trinajstić information content (AvgIpc) is 3.53. The van der Waals surface area contributed by atoms with Crippen molar-refractivity contribution in [3.8, 4) is 11.1 Å². The monoisotopic (exact) mass is 626 g/mol. The number of aliphatic carboxylic acids is 1. The predicted octanol–water partition coefficient (Wildman–Crippen LogP) is 8.60. The molecular formula is C37H33F3N2O4. The molecule has 0 aliphatic heterocycles. The molecule has 0 radical (unpaired) electrons. The molecule has 0 spiro atoms. The number of benzene rings is 3. The zero-order chi connectivity index (χ0) is 32.6. The lowest BCUT2D eigenvalue weighted by Gasteiger charge is -2.26. The topological polar surface area (TPSA) is 83.6 Å². The van der Waals surface area contributed by atoms with Crippen LogP contribution in [0.3, 0.4) is 0 Å². The van der Waals surface area contributed by atoms with Crippen molar-refractivity contribution in [3.05, 3.63) is 124 Å². The molecule has 3 aromatic carbocycles. The molecule has 6 rings (SSSR count). The van der Waals surface area contributed by atoms with E-state index in [1.165, 1.54) is 11.0 Å². The first-order valence-electron chi connectivity index (χ1n) is 15.2. The predicted molar refractivity (Wildman–Crippen MR) is 168 cm³/mol. The van der Waals surface area contributed by atoms with E-state index in [0.29, 0.717) is 28.5 Å². The minimum Gasteiger partial charge on any atom is -0.481 e. The number of furan rings is 1. The van der Waals surface area contributed by atoms with E-state index in [9.17, 15) is 27.9 Å². The van der Waals surface area contributed by atoms with Gasteiger partial charge in [0.25, 0.3) is 5.91 Å². The Labute approximate surface area is 264 Å². The number of carbonyl (C=O) groups is 2. The summed E-state index contributed by atoms with van der Waals surface area (Å²) < 4.78 is 45.3. The van der Waals surface area contributed by atoms with E-state index in [0.717, 1.165) is 53.3 Å². The highest BCUT2D eigenvalue weighted by molar-refractivity contribution is 6.07. The van der Waals surface area contributed by atoms with Crippen LogP contribution in [-0.4, -0.2) is 26.9 Å². The number of carboxylic acid groups (broad SMARTS) is 1. The minimum atomic E-state index is -4.64. The van der Waals surface area contributed by atoms with Crippen molar-refractivity contribution < 1.29 is 32.3 Å². The van der Waals surface area contributed by atoms with Gasteiger partial charge in [-0.2, -0.15) is 13.2 Å². The number of aromatic nitrogens is 1. The second-order valence-corrected chi connectivity index (χ2v) is 12.3. The van der Waals surface area contributed by atoms with Crippen LogP contribution in [0, 0.1) is 0 Å². The highest BCUT2D eigenvalue weighted by Crippen LogP contribution is 2.34. The van der Waals surface area contributed by atoms with Gasteiger partial charge >= 0.3 is 12.1 Å². The van der Waals surface area contributed by atoms with Gasteiger partial charge in [0.1, 0.15) is 5.76 Å². The quantitative estimate of drug-likeness (QED) is 0.187. The fourth-order valence-electron chi connectivity index (χ4n) is 6.01. The average molecular weight is 627 g/mol. The molecule has 2 aromatic heterocycles. The van der Waals surface area contributed by atoms with Gasteiger partial charge in [-0.3, -0.25) is 14.6 Å². The maximum absolute atomic E-state index is 14.5. The Morgan fingerprint density at radius 3 is 2.33 bits per heavy atom. The lowest BCUT2D eigenvalue weighted by atomic mass is 9.83. The number of hydrogen-bond acceptors (Lipinski definition) is 4. The van der Waals surface area contributed by atoms with Gasteiger partial charge in [-0.05, 0) is 85.5 Å². The number of alkyl halides is 3. The largest absolute Gasteiger partial charge is 0.481 e. The first kappa shape index (κ1) is 31.1. The second-order valence-electron chi connectivity index (χ2n) is 12.3. The summed E-state index contributed by atoms with van der Waals surface area (Å²) in [5, 5.41) is 10.4. The Morgan fingerprint density at radius 2 is 1.61 bits per heavy atom. The summed E-state index contributed by atoms with van der Waals surface area (Å²) in [5.74, 6) is -2.30. The number of para-hydroxylation sites is 1. The molecule has 0 fully saturated rings. The van der Waals surface area contributed by atoms with Crippen LogP contribution in [0.2, 0.25) is 0 Å². The van der Waals surface area contributed by atoms with E-state index in [4.69, 9.17) is 9.40 Å². The molecule has 1 amide bonds. The number of amides is 1. The normalized spacial score (nSPS) is 13.4. The van der Waals surface area contributed by atoms with Gasteiger partial charge in [0.15, 0.2) is 0 Å². The highest BCUT2D eigenvalue weighted by atomic mass is 19.4. The van der Waals surface area contributed by atoms with Crippen LogP contribution in [-0.2, 0) is 42.3 Å². The zero-order valence-electron chi connectivity index (χ0n) is 25.5. The van der Waals surface area contributed by atoms with E-state index in [-0.39, 0.29) is 24.8 Å². The first-order valence-corrected chi connectivity index (χ1v) is 15.2. The summed E-state index contributed by atoms with van der Waals surface area (Å²) in [6.07, 6.45) is -1.27. The van der Waals surface area contributed by atoms with E-state index in [1.807, 2.05) is 66.7 Å². The molecule has 0 atom stereocenters. The van der Waals surface area contributed by atoms with Gasteiger partial charge in [-0.15, -0.1) is 0 Å². The number of halogens is 3. The second kappa shape index (κ2) is 12.1. The smallest absolute Gasteiger partial charge is 0.449 e. The Hall–Kier alpha value is -4.92. The molecule has 0 saturated heterocycles. The van der Waals surface area contributed by atoms with Gasteiger partial charge in [-0.25, -0.2) is 0 Å². The minimum absolute atomic E-state index is 0.0300. The maximum atomic E-state index is 14.5. The standard InChI is InChI=1S/C37H33F3N2O4/c1-36(2,35(44)45)26-9-7-8-25(20-26)24-16-14-23(15-17-24)21-42(22-27-18-19-32(46-27)37(38,39)40)34(43)33-28-10-3-5-12-30(28)41-31-13-6-4-11-29(31)33/h3,5,7-10,12,14-20H,4,6,11,13,21-22H2,1-2H3,(H,44,45). The molecule has 2 heterocycles. The molecule has 6 nitrogen and oxygen atoms in total. The van der Waals surface area contributed by atoms with Crippen LogP contribution in [0.1, 0.15) is 71.0 Å². The Kier molecular flexibility index (Phi) is 8.19. The summed E-state index contributed by atoms with van der Waals surface area (Å²) in [6.45, 7) is 3.28. The SMILES string of the molecule is CC(C)(C(=O)O)c1cccc(-c2ccc(CN(Cc3ccc(C(F)(F)F)o3)C(=O)c3c4c(nc5ccccc35)CCCC4)cc2)c1. The van der Waals surface area contributed by atoms with Crippen LogP contribution in [0.4, 0.5) is 13.2 Å². The lowest BCUT2D eigenvalue weighted by Crippen LogP contribution is -2.32. The Bertz CT molecular complexity index is 1930. The zero-order valence-corrected chi connectivity index (χ0v) is 25.5. The van der Waals surface area contributed by atoms with Crippen molar-refractivity contribution in [1.29, 1.82) is 0 Å². The van der Waals surface area contributed by atoms with E-state index in [2.05, 4.69) is 0 Å². The third-order valence-corrected chi connectivity index (χ3v) is 8.74. The fraction of sp³-hybridized carbons (Fsp3) is 0.270. The van der Waals surface area contributed by atoms with Crippen molar-refractivity contribution in [1.82, 2.24) is 9.88 Å². The Morgan fingerprint density at radius 1 is 0.870 bits per heavy atom. The molecule has 0 unspecified atom stereocenters. The first-order chi connectivity index (χ1) is 21.9. The molecule has 9 heteroatoms. The summed E-state index contributed by atoms with van der Waals surface area (Å²) >= 11 is 0. The molecule has 236 valence electrons. The van der Waals surface area contributed by atoms with Crippen LogP contribution in [0.25, 0.3) is 22.0 Å². The third-order valence-electron chi connectivity index (χ3n) is 8.74. The highest BCUT2D eigenvalue weighted by Gasteiger charge is 2.35. The van der Waals surface area contributed by atoms with Crippen molar-refractivity contribution in [3.63, 3.8) is 0 Å². The summed E-state index contributed by atoms with van der Waals surface area (Å²) in [6, 6.07) is 24.5. The number of rotatable bonds is 8. The lowest BCUT2D eigenvalue weighted by molar-refractivity contribution is -0.153. The molecule has 1 aliphatic rings. The van der Waals surface area contributed by atoms with Gasteiger partial charge in [-0.1, -0.05) is 66.7 Å². The van der Waals surface area contributed by atoms with Gasteiger partial charge in [0.05, 0.1) is 23.0 Å². The van der Waals surface area contributed by atoms with Gasteiger partial charge < -0.3 is 14.4 Å². The van der Waals surface area contributed by atoms with Crippen LogP contribution in [0.5, 0.6) is 0 Å². The third kappa shape index (κ3) is 6.14. The molecule has 0 bridgehead atoms. The van der Waals surface area contributed by atoms with Crippen molar-refractivity contribution in [2.45, 2.75) is 64.2 Å². The molecule has 5 aromatic rings. The van der Waals surface area contributed by atoms with Gasteiger partial charge in [0.2, 0.25) is 5.76 Å². The molecule has 1 N–H and O–H groups in total. The number of aryl methyl sites for hydroxylation is 1. The van der Waals surface area contributed by atoms with Crippen molar-refractivity contribution in [2.24, 2.45) is 0 Å². The van der Waals surface area contributed by atoms with Crippen molar-refractivity contribution >= 4 is 22.8 Å². The number of hydrogen-bond donors (Lipinski definition) is 1. The summed E-state index contributed by atoms with van der Waals surface area (Å²) in [5.41, 5.74) is 5.12. The van der Waals surface area contributed by atoms with E-state index < -0.39 is 23.3 Å². The number of carboxylic acids is 1. The maximum Gasteiger partial charge on any atom is 0.449 e. The summed E-state index contributed by atoms with van der Waals surface area (Å²) in [4.78, 5) is 32.7. The van der Waals surface area contributed by atoms with Crippen LogP contribution >= 0.6 is 0 Å². The molecule has 46 heavy (non-hydrogen) atoms. The van der Waals surface area contributed by atoms with Crippen LogP contribution in [0.15, 0.2) is 89.3 Å². The number of nitrogens with zero attached hydrogens (tertiary/aromatic N) is 2. The van der Waals surface area contributed by atoms with Crippen molar-refractivity contribution in [2.75, 3.05) is 0 Å². The van der Waals surface area contributed by atoms with Crippen LogP contribution < -0.4 is 0 Å². The van der Waals surface area contributed by atoms with E-state index in [1.54, 1.807) is 19.9 Å². The van der Waals surface area contributed by atoms with Gasteiger partial charge in [0, 0.05) is 17.6 Å². The number of fused-ring (bicyclic) bond motifs is 2. The number of pyridine rings is 1. The number of carbonyl (C=O) groups excluding carboxylic acids is 1. The fourth-order valence-corrected chi connectivity index (χ4v) is 6.01.